The van der Waals surface area contributed by atoms with E-state index >= 15 is 0 Å². The Hall–Kier alpha value is -2.36. The zero-order chi connectivity index (χ0) is 35.1. The van der Waals surface area contributed by atoms with Crippen molar-refractivity contribution in [1.29, 1.82) is 0 Å². The van der Waals surface area contributed by atoms with Gasteiger partial charge in [-0.1, -0.05) is 6.42 Å². The van der Waals surface area contributed by atoms with Crippen LogP contribution in [0.3, 0.4) is 0 Å². The monoisotopic (exact) mass is 680 g/mol. The Morgan fingerprint density at radius 3 is 1.40 bits per heavy atom. The summed E-state index contributed by atoms with van der Waals surface area (Å²) in [5.74, 6) is -1.39. The molecule has 18 heteroatoms. The van der Waals surface area contributed by atoms with Crippen molar-refractivity contribution in [3.8, 4) is 0 Å². The lowest BCUT2D eigenvalue weighted by atomic mass is 10.0. The van der Waals surface area contributed by atoms with Gasteiger partial charge in [-0.3, -0.25) is 19.3 Å². The average Bonchev–Trinajstić information content (AvgIpc) is 3.01. The van der Waals surface area contributed by atoms with Gasteiger partial charge in [0, 0.05) is 26.1 Å². The van der Waals surface area contributed by atoms with Crippen molar-refractivity contribution in [3.05, 3.63) is 0 Å². The minimum absolute atomic E-state index is 0.0261. The van der Waals surface area contributed by atoms with Crippen LogP contribution in [0.5, 0.6) is 0 Å². The quantitative estimate of drug-likeness (QED) is 0.0549. The number of carbonyl (C=O) groups is 4. The molecule has 18 nitrogen and oxygen atoms in total. The molecule has 2 heterocycles. The second kappa shape index (κ2) is 20.9. The van der Waals surface area contributed by atoms with Crippen molar-refractivity contribution in [1.82, 2.24) is 20.9 Å². The molecular weight excluding hydrogens is 628 g/mol. The summed E-state index contributed by atoms with van der Waals surface area (Å²) in [5, 5.41) is 67.3. The summed E-state index contributed by atoms with van der Waals surface area (Å²) in [6.45, 7) is 3.68. The van der Waals surface area contributed by atoms with Gasteiger partial charge in [0.15, 0.2) is 12.6 Å². The molecule has 0 aromatic heterocycles. The number of ketones is 1. The first-order chi connectivity index (χ1) is 22.2. The smallest absolute Gasteiger partial charge is 0.234 e. The maximum Gasteiger partial charge on any atom is 0.234 e. The summed E-state index contributed by atoms with van der Waals surface area (Å²) in [4.78, 5) is 50.3. The van der Waals surface area contributed by atoms with E-state index in [1.54, 1.807) is 0 Å². The molecule has 2 fully saturated rings. The van der Waals surface area contributed by atoms with E-state index in [0.29, 0.717) is 25.8 Å². The number of nitrogens with zero attached hydrogens (tertiary/aromatic N) is 1. The van der Waals surface area contributed by atoms with Gasteiger partial charge in [0.25, 0.3) is 0 Å². The lowest BCUT2D eigenvalue weighted by Crippen LogP contribution is -2.57. The fraction of sp³-hybridized carbons (Fsp3) is 0.862. The molecule has 0 aliphatic carbocycles. The number of nitrogens with one attached hydrogen (secondary N) is 3. The van der Waals surface area contributed by atoms with Gasteiger partial charge in [-0.15, -0.1) is 0 Å². The van der Waals surface area contributed by atoms with Crippen molar-refractivity contribution < 1.29 is 68.8 Å². The third kappa shape index (κ3) is 14.3. The normalized spacial score (nSPS) is 30.9. The number of ether oxygens (including phenoxy) is 4. The molecule has 0 saturated carbocycles. The number of carbonyl (C=O) groups excluding carboxylic acids is 4. The minimum Gasteiger partial charge on any atom is -0.388 e. The molecule has 0 bridgehead atoms. The van der Waals surface area contributed by atoms with Gasteiger partial charge in [0.05, 0.1) is 45.1 Å². The number of hydrogen-bond donors (Lipinski definition) is 9. The van der Waals surface area contributed by atoms with Crippen molar-refractivity contribution in [2.75, 3.05) is 52.5 Å². The summed E-state index contributed by atoms with van der Waals surface area (Å²) < 4.78 is 21.5. The van der Waals surface area contributed by atoms with Crippen LogP contribution >= 0.6 is 0 Å². The molecule has 3 amide bonds. The predicted octanol–water partition coefficient (Wildman–Crippen LogP) is -4.53. The molecule has 2 aliphatic heterocycles. The van der Waals surface area contributed by atoms with Crippen LogP contribution in [0.1, 0.15) is 46.5 Å². The zero-order valence-electron chi connectivity index (χ0n) is 27.2. The molecule has 0 unspecified atom stereocenters. The number of unbranched alkanes of at least 4 members (excludes halogenated alkanes) is 2. The Kier molecular flexibility index (Phi) is 18.1. The number of Topliss-reactive ketones (excluding diaryl/α,β-unsaturated/α-hetero) is 1. The number of aliphatic hydroxyl groups is 6. The highest BCUT2D eigenvalue weighted by molar-refractivity contribution is 5.84. The fourth-order valence-corrected chi connectivity index (χ4v) is 4.88. The summed E-state index contributed by atoms with van der Waals surface area (Å²) in [6.07, 6.45) is -9.90. The number of hydrogen-bond acceptors (Lipinski definition) is 15. The van der Waals surface area contributed by atoms with Crippen LogP contribution in [0.15, 0.2) is 0 Å². The first-order valence-corrected chi connectivity index (χ1v) is 15.9. The topological polar surface area (TPSA) is 266 Å². The Morgan fingerprint density at radius 2 is 1.00 bits per heavy atom. The average molecular weight is 681 g/mol. The standard InChI is InChI=1S/C29H52N4O14/c1-16(34)7-5-4-6-8-30-19(35)13-33(14-20(36)31-9-11-44-28-26(42)24(40)22(38)17(2)46-28)15-21(37)32-10-12-45-29-27(43)25(41)23(39)18(3)47-29/h17-18,22-29,38-43H,4-15H2,1-3H3,(H,30,35)(H,31,36)(H,32,37)/t17-,18-,22+,23+,24+,25+,26-,27-,28-,29-/m0/s1. The van der Waals surface area contributed by atoms with Crippen LogP contribution in [-0.2, 0) is 38.1 Å². The number of aliphatic hydroxyl groups excluding tert-OH is 6. The number of rotatable bonds is 20. The lowest BCUT2D eigenvalue weighted by molar-refractivity contribution is -0.292. The van der Waals surface area contributed by atoms with Crippen LogP contribution in [0.2, 0.25) is 0 Å². The first kappa shape index (κ1) is 40.8. The van der Waals surface area contributed by atoms with E-state index in [1.165, 1.54) is 25.7 Å². The van der Waals surface area contributed by atoms with Crippen LogP contribution in [0, 0.1) is 0 Å². The van der Waals surface area contributed by atoms with Gasteiger partial charge < -0.3 is 70.3 Å². The minimum atomic E-state index is -1.49. The van der Waals surface area contributed by atoms with Gasteiger partial charge >= 0.3 is 0 Å². The summed E-state index contributed by atoms with van der Waals surface area (Å²) in [5.41, 5.74) is 0. The molecule has 0 aromatic carbocycles. The van der Waals surface area contributed by atoms with E-state index in [2.05, 4.69) is 16.0 Å². The Bertz CT molecular complexity index is 937. The van der Waals surface area contributed by atoms with E-state index in [0.717, 1.165) is 6.42 Å². The maximum atomic E-state index is 12.7. The van der Waals surface area contributed by atoms with Crippen molar-refractivity contribution >= 4 is 23.5 Å². The third-order valence-corrected chi connectivity index (χ3v) is 7.66. The summed E-state index contributed by atoms with van der Waals surface area (Å²) >= 11 is 0. The molecular formula is C29H52N4O14. The SMILES string of the molecule is CC(=O)CCCCCNC(=O)CN(CC(=O)NCCO[C@H]1O[C@@H](C)[C@@H](O)[C@@H](O)[C@@H]1O)CC(=O)NCCO[C@H]1O[C@@H](C)[C@@H](O)[C@@H](O)[C@@H]1O. The highest BCUT2D eigenvalue weighted by Gasteiger charge is 2.43. The second-order valence-corrected chi connectivity index (χ2v) is 11.8. The Balaban J connectivity index is 1.81. The van der Waals surface area contributed by atoms with E-state index < -0.39 is 79.1 Å². The third-order valence-electron chi connectivity index (χ3n) is 7.66. The van der Waals surface area contributed by atoms with E-state index in [-0.39, 0.29) is 51.7 Å². The van der Waals surface area contributed by atoms with Gasteiger partial charge in [-0.2, -0.15) is 0 Å². The molecule has 0 radical (unpaired) electrons. The van der Waals surface area contributed by atoms with Crippen LogP contribution in [0.4, 0.5) is 0 Å². The largest absolute Gasteiger partial charge is 0.388 e. The predicted molar refractivity (Wildman–Crippen MR) is 161 cm³/mol. The van der Waals surface area contributed by atoms with Crippen LogP contribution < -0.4 is 16.0 Å². The van der Waals surface area contributed by atoms with Gasteiger partial charge in [0.2, 0.25) is 17.7 Å². The van der Waals surface area contributed by atoms with E-state index in [1.807, 2.05) is 0 Å². The van der Waals surface area contributed by atoms with E-state index in [4.69, 9.17) is 18.9 Å². The summed E-state index contributed by atoms with van der Waals surface area (Å²) in [7, 11) is 0. The highest BCUT2D eigenvalue weighted by atomic mass is 16.7. The molecule has 47 heavy (non-hydrogen) atoms. The van der Waals surface area contributed by atoms with Crippen molar-refractivity contribution in [3.63, 3.8) is 0 Å². The molecule has 272 valence electrons. The molecule has 0 spiro atoms. The van der Waals surface area contributed by atoms with Crippen molar-refractivity contribution in [2.45, 2.75) is 108 Å². The first-order valence-electron chi connectivity index (χ1n) is 15.9. The van der Waals surface area contributed by atoms with Crippen molar-refractivity contribution in [2.24, 2.45) is 0 Å². The molecule has 0 aromatic rings. The Morgan fingerprint density at radius 1 is 0.596 bits per heavy atom. The maximum absolute atomic E-state index is 12.7. The molecule has 9 N–H and O–H groups in total. The van der Waals surface area contributed by atoms with Crippen LogP contribution in [0.25, 0.3) is 0 Å². The van der Waals surface area contributed by atoms with Gasteiger partial charge in [-0.25, -0.2) is 0 Å². The second-order valence-electron chi connectivity index (χ2n) is 11.8. The van der Waals surface area contributed by atoms with Gasteiger partial charge in [-0.05, 0) is 33.6 Å². The van der Waals surface area contributed by atoms with E-state index in [9.17, 15) is 49.8 Å². The number of amides is 3. The molecule has 10 atom stereocenters. The fourth-order valence-electron chi connectivity index (χ4n) is 4.88. The molecule has 2 rings (SSSR count). The molecule has 2 saturated heterocycles. The lowest BCUT2D eigenvalue weighted by Gasteiger charge is -2.38. The zero-order valence-corrected chi connectivity index (χ0v) is 27.2. The molecule has 2 aliphatic rings. The highest BCUT2D eigenvalue weighted by Crippen LogP contribution is 2.22. The van der Waals surface area contributed by atoms with Crippen LogP contribution in [-0.4, -0.2) is 173 Å². The Labute approximate surface area is 273 Å². The van der Waals surface area contributed by atoms with Gasteiger partial charge in [0.1, 0.15) is 42.4 Å². The summed E-state index contributed by atoms with van der Waals surface area (Å²) in [6, 6.07) is 0.